The SMILES string of the molecule is CN1CCc2nc(C(=O)NC3CS(=O)(=O)CCC3NC(=O)c3cc4cc(F)ccc4[nH]3)sc2C1. The number of nitrogens with zero attached hydrogens (tertiary/aromatic N) is 2. The third-order valence-corrected chi connectivity index (χ3v) is 9.04. The number of likely N-dealkylation sites (N-methyl/N-ethyl adjacent to an activating group) is 1. The van der Waals surface area contributed by atoms with E-state index in [0.717, 1.165) is 30.1 Å². The summed E-state index contributed by atoms with van der Waals surface area (Å²) in [4.78, 5) is 36.4. The molecule has 0 aliphatic carbocycles. The van der Waals surface area contributed by atoms with Gasteiger partial charge in [0.25, 0.3) is 11.8 Å². The number of aromatic amines is 1. The minimum atomic E-state index is -3.37. The smallest absolute Gasteiger partial charge is 0.280 e. The minimum Gasteiger partial charge on any atom is -0.351 e. The summed E-state index contributed by atoms with van der Waals surface area (Å²) in [5.74, 6) is -1.65. The van der Waals surface area contributed by atoms with Gasteiger partial charge in [0.2, 0.25) is 0 Å². The molecule has 9 nitrogen and oxygen atoms in total. The third-order valence-electron chi connectivity index (χ3n) is 6.24. The Bertz CT molecular complexity index is 1380. The van der Waals surface area contributed by atoms with Crippen molar-refractivity contribution < 1.29 is 22.4 Å². The molecule has 4 heterocycles. The van der Waals surface area contributed by atoms with Gasteiger partial charge in [-0.3, -0.25) is 9.59 Å². The number of hydrogen-bond acceptors (Lipinski definition) is 7. The normalized spacial score (nSPS) is 22.3. The van der Waals surface area contributed by atoms with Crippen molar-refractivity contribution in [2.75, 3.05) is 25.1 Å². The Labute approximate surface area is 199 Å². The molecule has 34 heavy (non-hydrogen) atoms. The van der Waals surface area contributed by atoms with Crippen LogP contribution in [0.5, 0.6) is 0 Å². The van der Waals surface area contributed by atoms with Crippen LogP contribution in [0.1, 0.15) is 37.3 Å². The largest absolute Gasteiger partial charge is 0.351 e. The van der Waals surface area contributed by atoms with Crippen molar-refractivity contribution in [1.82, 2.24) is 25.5 Å². The van der Waals surface area contributed by atoms with E-state index in [0.29, 0.717) is 15.9 Å². The van der Waals surface area contributed by atoms with Crippen LogP contribution in [0.4, 0.5) is 4.39 Å². The van der Waals surface area contributed by atoms with E-state index in [4.69, 9.17) is 0 Å². The summed E-state index contributed by atoms with van der Waals surface area (Å²) in [7, 11) is -1.36. The molecule has 0 spiro atoms. The number of sulfone groups is 1. The molecule has 2 unspecified atom stereocenters. The van der Waals surface area contributed by atoms with Gasteiger partial charge in [-0.25, -0.2) is 17.8 Å². The van der Waals surface area contributed by atoms with Crippen LogP contribution in [0.3, 0.4) is 0 Å². The molecule has 3 N–H and O–H groups in total. The molecular formula is C22H24FN5O4S2. The highest BCUT2D eigenvalue weighted by molar-refractivity contribution is 7.91. The molecule has 0 saturated carbocycles. The quantitative estimate of drug-likeness (QED) is 0.493. The number of rotatable bonds is 4. The molecule has 1 saturated heterocycles. The number of carbonyl (C=O) groups excluding carboxylic acids is 2. The van der Waals surface area contributed by atoms with Crippen LogP contribution in [0, 0.1) is 5.82 Å². The summed E-state index contributed by atoms with van der Waals surface area (Å²) < 4.78 is 38.1. The van der Waals surface area contributed by atoms with E-state index in [-0.39, 0.29) is 23.6 Å². The Morgan fingerprint density at radius 3 is 2.82 bits per heavy atom. The van der Waals surface area contributed by atoms with Crippen molar-refractivity contribution >= 4 is 43.9 Å². The lowest BCUT2D eigenvalue weighted by Crippen LogP contribution is -2.58. The van der Waals surface area contributed by atoms with Crippen molar-refractivity contribution in [2.45, 2.75) is 31.5 Å². The predicted octanol–water partition coefficient (Wildman–Crippen LogP) is 1.47. The van der Waals surface area contributed by atoms with Gasteiger partial charge in [-0.2, -0.15) is 0 Å². The lowest BCUT2D eigenvalue weighted by atomic mass is 10.1. The van der Waals surface area contributed by atoms with E-state index in [2.05, 4.69) is 25.5 Å². The van der Waals surface area contributed by atoms with E-state index in [1.54, 1.807) is 6.07 Å². The maximum absolute atomic E-state index is 13.5. The second kappa shape index (κ2) is 8.75. The van der Waals surface area contributed by atoms with Gasteiger partial charge in [-0.05, 0) is 37.7 Å². The first kappa shape index (κ1) is 22.9. The lowest BCUT2D eigenvalue weighted by Gasteiger charge is -2.32. The molecule has 0 radical (unpaired) electrons. The standard InChI is InChI=1S/C22H24FN5O4S2/c1-28-6-4-16-19(10-28)33-22(27-16)21(30)26-18-11-34(31,32)7-5-15(18)25-20(29)17-9-12-8-13(23)2-3-14(12)24-17/h2-3,8-9,15,18,24H,4-7,10-11H2,1H3,(H,25,29)(H,26,30). The third kappa shape index (κ3) is 4.70. The number of thiazole rings is 1. The molecule has 2 aliphatic heterocycles. The number of benzene rings is 1. The van der Waals surface area contributed by atoms with Crippen LogP contribution in [0.15, 0.2) is 24.3 Å². The highest BCUT2D eigenvalue weighted by atomic mass is 32.2. The Morgan fingerprint density at radius 2 is 2.00 bits per heavy atom. The van der Waals surface area contributed by atoms with E-state index >= 15 is 0 Å². The van der Waals surface area contributed by atoms with Gasteiger partial charge in [-0.15, -0.1) is 11.3 Å². The number of aromatic nitrogens is 2. The molecule has 180 valence electrons. The number of fused-ring (bicyclic) bond motifs is 2. The van der Waals surface area contributed by atoms with Crippen LogP contribution in [0.2, 0.25) is 0 Å². The first-order chi connectivity index (χ1) is 16.2. The highest BCUT2D eigenvalue weighted by Crippen LogP contribution is 2.25. The van der Waals surface area contributed by atoms with Crippen molar-refractivity contribution in [3.05, 3.63) is 51.4 Å². The lowest BCUT2D eigenvalue weighted by molar-refractivity contribution is 0.0882. The highest BCUT2D eigenvalue weighted by Gasteiger charge is 2.36. The number of halogens is 1. The second-order valence-electron chi connectivity index (χ2n) is 8.85. The van der Waals surface area contributed by atoms with E-state index < -0.39 is 39.6 Å². The van der Waals surface area contributed by atoms with Crippen molar-refractivity contribution in [3.8, 4) is 0 Å². The summed E-state index contributed by atoms with van der Waals surface area (Å²) in [6, 6.07) is 4.34. The minimum absolute atomic E-state index is 0.0832. The Kier molecular flexibility index (Phi) is 5.90. The molecule has 0 bridgehead atoms. The van der Waals surface area contributed by atoms with Gasteiger partial charge in [0.15, 0.2) is 14.8 Å². The molecular weight excluding hydrogens is 481 g/mol. The molecule has 2 atom stereocenters. The predicted molar refractivity (Wildman–Crippen MR) is 126 cm³/mol. The summed E-state index contributed by atoms with van der Waals surface area (Å²) in [5, 5.41) is 6.49. The van der Waals surface area contributed by atoms with Crippen molar-refractivity contribution in [1.29, 1.82) is 0 Å². The first-order valence-electron chi connectivity index (χ1n) is 10.9. The average molecular weight is 506 g/mol. The van der Waals surface area contributed by atoms with Gasteiger partial charge in [0.05, 0.1) is 29.3 Å². The molecule has 5 rings (SSSR count). The summed E-state index contributed by atoms with van der Waals surface area (Å²) in [6.07, 6.45) is 0.938. The van der Waals surface area contributed by atoms with Crippen LogP contribution in [-0.4, -0.2) is 72.3 Å². The molecule has 1 aromatic carbocycles. The molecule has 2 amide bonds. The van der Waals surface area contributed by atoms with Crippen molar-refractivity contribution in [3.63, 3.8) is 0 Å². The van der Waals surface area contributed by atoms with Gasteiger partial charge < -0.3 is 20.5 Å². The van der Waals surface area contributed by atoms with E-state index in [9.17, 15) is 22.4 Å². The first-order valence-corrected chi connectivity index (χ1v) is 13.6. The summed E-state index contributed by atoms with van der Waals surface area (Å²) in [6.45, 7) is 1.60. The average Bonchev–Trinajstić information content (AvgIpc) is 3.38. The topological polar surface area (TPSA) is 124 Å². The van der Waals surface area contributed by atoms with E-state index in [1.807, 2.05) is 7.05 Å². The zero-order chi connectivity index (χ0) is 24.0. The van der Waals surface area contributed by atoms with E-state index in [1.165, 1.54) is 29.5 Å². The van der Waals surface area contributed by atoms with Crippen LogP contribution >= 0.6 is 11.3 Å². The Morgan fingerprint density at radius 1 is 1.21 bits per heavy atom. The fourth-order valence-electron chi connectivity index (χ4n) is 4.42. The Hall–Kier alpha value is -2.83. The molecule has 3 aromatic rings. The van der Waals surface area contributed by atoms with Crippen LogP contribution in [-0.2, 0) is 22.8 Å². The number of H-pyrrole nitrogens is 1. The summed E-state index contributed by atoms with van der Waals surface area (Å²) in [5.41, 5.74) is 1.75. The van der Waals surface area contributed by atoms with Gasteiger partial charge in [-0.1, -0.05) is 0 Å². The fraction of sp³-hybridized carbons (Fsp3) is 0.409. The van der Waals surface area contributed by atoms with Crippen molar-refractivity contribution in [2.24, 2.45) is 0 Å². The second-order valence-corrected chi connectivity index (χ2v) is 12.2. The molecule has 1 fully saturated rings. The monoisotopic (exact) mass is 505 g/mol. The Balaban J connectivity index is 1.32. The fourth-order valence-corrected chi connectivity index (χ4v) is 7.15. The van der Waals surface area contributed by atoms with Gasteiger partial charge in [0.1, 0.15) is 11.5 Å². The zero-order valence-corrected chi connectivity index (χ0v) is 20.1. The summed E-state index contributed by atoms with van der Waals surface area (Å²) >= 11 is 1.31. The number of hydrogen-bond donors (Lipinski definition) is 3. The number of nitrogens with one attached hydrogen (secondary N) is 3. The van der Waals surface area contributed by atoms with Gasteiger partial charge >= 0.3 is 0 Å². The number of carbonyl (C=O) groups is 2. The van der Waals surface area contributed by atoms with Gasteiger partial charge in [0, 0.05) is 35.3 Å². The zero-order valence-electron chi connectivity index (χ0n) is 18.4. The molecule has 2 aliphatic rings. The number of amides is 2. The van der Waals surface area contributed by atoms with Crippen LogP contribution in [0.25, 0.3) is 10.9 Å². The molecule has 12 heteroatoms. The maximum atomic E-state index is 13.5. The van der Waals surface area contributed by atoms with Crippen LogP contribution < -0.4 is 10.6 Å². The molecule has 2 aromatic heterocycles. The maximum Gasteiger partial charge on any atom is 0.280 e.